The lowest BCUT2D eigenvalue weighted by Crippen LogP contribution is -2.52. The molecule has 0 bridgehead atoms. The molecule has 2 atom stereocenters. The molecule has 4 rings (SSSR count). The van der Waals surface area contributed by atoms with Crippen molar-refractivity contribution >= 4 is 37.1 Å². The fourth-order valence-corrected chi connectivity index (χ4v) is 21.7. The second-order valence-corrected chi connectivity index (χ2v) is 32.0. The largest absolute Gasteiger partial charge is 0.494 e. The number of rotatable bonds is 32. The van der Waals surface area contributed by atoms with Crippen LogP contribution in [0.1, 0.15) is 113 Å². The number of ether oxygens (including phenoxy) is 6. The molecule has 0 saturated carbocycles. The molecule has 0 aliphatic heterocycles. The van der Waals surface area contributed by atoms with Crippen molar-refractivity contribution in [3.8, 4) is 34.5 Å². The van der Waals surface area contributed by atoms with Crippen LogP contribution in [0.5, 0.6) is 34.5 Å². The smallest absolute Gasteiger partial charge is 0.343 e. The summed E-state index contributed by atoms with van der Waals surface area (Å²) in [5, 5.41) is 0. The third-order valence-electron chi connectivity index (χ3n) is 11.6. The van der Waals surface area contributed by atoms with E-state index < -0.39 is 37.1 Å². The summed E-state index contributed by atoms with van der Waals surface area (Å²) in [6.45, 7) is 25.0. The Morgan fingerprint density at radius 1 is 0.418 bits per heavy atom. The van der Waals surface area contributed by atoms with E-state index >= 15 is 0 Å². The summed E-state index contributed by atoms with van der Waals surface area (Å²) < 4.78 is 48.4. The maximum Gasteiger partial charge on any atom is 0.343 e. The van der Waals surface area contributed by atoms with Crippen LogP contribution in [0.15, 0.2) is 97.1 Å². The Bertz CT molecular complexity index is 1880. The van der Waals surface area contributed by atoms with E-state index in [1.54, 1.807) is 48.5 Å². The monoisotopic (exact) mass is 973 g/mol. The molecule has 0 radical (unpaired) electrons. The van der Waals surface area contributed by atoms with Crippen molar-refractivity contribution < 1.29 is 46.2 Å². The van der Waals surface area contributed by atoms with Crippen LogP contribution in [0.25, 0.3) is 0 Å². The number of carbonyl (C=O) groups excluding carboxylic acids is 2. The van der Waals surface area contributed by atoms with Crippen molar-refractivity contribution in [1.82, 2.24) is 0 Å². The number of hydrogen-bond acceptors (Lipinski definition) is 10. The Kier molecular flexibility index (Phi) is 23.2. The summed E-state index contributed by atoms with van der Waals surface area (Å²) >= 11 is 0. The number of benzene rings is 4. The zero-order chi connectivity index (χ0) is 48.7. The fraction of sp³-hybridized carbons (Fsp3) is 0.519. The lowest BCUT2D eigenvalue weighted by Gasteiger charge is -2.39. The van der Waals surface area contributed by atoms with Gasteiger partial charge in [-0.2, -0.15) is 0 Å². The summed E-state index contributed by atoms with van der Waals surface area (Å²) in [6, 6.07) is 30.8. The molecular weight excluding hydrogens is 893 g/mol. The maximum absolute atomic E-state index is 12.7. The molecule has 10 nitrogen and oxygen atoms in total. The van der Waals surface area contributed by atoms with Crippen molar-refractivity contribution in [3.63, 3.8) is 0 Å². The third-order valence-corrected chi connectivity index (χ3v) is 23.1. The minimum absolute atomic E-state index is 0.407. The van der Waals surface area contributed by atoms with Crippen LogP contribution in [-0.4, -0.2) is 63.6 Å². The van der Waals surface area contributed by atoms with E-state index in [9.17, 15) is 9.59 Å². The van der Waals surface area contributed by atoms with Gasteiger partial charge in [-0.25, -0.2) is 9.59 Å². The van der Waals surface area contributed by atoms with Crippen LogP contribution in [0.3, 0.4) is 0 Å². The predicted octanol–water partition coefficient (Wildman–Crippen LogP) is 14.7. The SMILES string of the molecule is CCC(C)COc1ccc(OC(=O)c2ccc(OCCCCCC[Si](C)(C)O[Si](C)(C)O[Si](C)(C)CCCCCCOc3ccc(C(=O)Oc4ccc(OCC(C)CC)cc4)cc3)cc2)cc1. The van der Waals surface area contributed by atoms with Gasteiger partial charge in [-0.15, -0.1) is 0 Å². The molecular formula is C54H80O10Si3. The van der Waals surface area contributed by atoms with Crippen LogP contribution in [-0.2, 0) is 8.23 Å². The zero-order valence-electron chi connectivity index (χ0n) is 42.3. The van der Waals surface area contributed by atoms with Crippen molar-refractivity contribution in [2.24, 2.45) is 11.8 Å². The Morgan fingerprint density at radius 2 is 0.716 bits per heavy atom. The van der Waals surface area contributed by atoms with Gasteiger partial charge in [-0.3, -0.25) is 0 Å². The molecule has 0 fully saturated rings. The highest BCUT2D eigenvalue weighted by molar-refractivity contribution is 6.87. The zero-order valence-corrected chi connectivity index (χ0v) is 45.3. The number of esters is 2. The fourth-order valence-electron chi connectivity index (χ4n) is 7.47. The van der Waals surface area contributed by atoms with Crippen molar-refractivity contribution in [1.29, 1.82) is 0 Å². The first-order chi connectivity index (χ1) is 31.9. The average Bonchev–Trinajstić information content (AvgIpc) is 3.29. The normalized spacial score (nSPS) is 12.8. The highest BCUT2D eigenvalue weighted by Crippen LogP contribution is 2.28. The Morgan fingerprint density at radius 3 is 1.06 bits per heavy atom. The quantitative estimate of drug-likeness (QED) is 0.0203. The Balaban J connectivity index is 1.02. The molecule has 13 heteroatoms. The molecule has 0 spiro atoms. The van der Waals surface area contributed by atoms with Crippen LogP contribution in [0.4, 0.5) is 0 Å². The van der Waals surface area contributed by atoms with Gasteiger partial charge in [-0.1, -0.05) is 79.1 Å². The van der Waals surface area contributed by atoms with E-state index in [4.69, 9.17) is 36.7 Å². The summed E-state index contributed by atoms with van der Waals surface area (Å²) in [4.78, 5) is 25.4. The molecule has 4 aromatic rings. The van der Waals surface area contributed by atoms with Crippen LogP contribution >= 0.6 is 0 Å². The lowest BCUT2D eigenvalue weighted by atomic mass is 10.1. The summed E-state index contributed by atoms with van der Waals surface area (Å²) in [6.07, 6.45) is 10.8. The van der Waals surface area contributed by atoms with Gasteiger partial charge in [0.1, 0.15) is 34.5 Å². The van der Waals surface area contributed by atoms with Crippen molar-refractivity contribution in [2.45, 2.75) is 143 Å². The van der Waals surface area contributed by atoms with E-state index in [0.29, 0.717) is 60.9 Å². The topological polar surface area (TPSA) is 108 Å². The molecule has 0 aromatic heterocycles. The van der Waals surface area contributed by atoms with Gasteiger partial charge in [0.2, 0.25) is 0 Å². The molecule has 0 saturated heterocycles. The molecule has 0 aliphatic carbocycles. The summed E-state index contributed by atoms with van der Waals surface area (Å²) in [5.41, 5.74) is 0.946. The van der Waals surface area contributed by atoms with E-state index in [2.05, 4.69) is 67.0 Å². The third kappa shape index (κ3) is 22.1. The van der Waals surface area contributed by atoms with Crippen LogP contribution in [0.2, 0.25) is 51.4 Å². The minimum Gasteiger partial charge on any atom is -0.494 e. The predicted molar refractivity (Wildman–Crippen MR) is 278 cm³/mol. The standard InChI is InChI=1S/C54H80O10Si3/c1-11-43(3)41-59-49-29-33-51(34-30-49)61-53(55)45-21-25-47(26-22-45)57-37-17-13-15-19-39-65(5,6)63-67(9,10)64-66(7,8)40-20-16-14-18-38-58-48-27-23-46(24-28-48)54(56)62-52-35-31-50(32-36-52)60-42-44(4)12-2/h21-36,43-44H,11-20,37-42H2,1-10H3. The highest BCUT2D eigenvalue weighted by atomic mass is 28.5. The Labute approximate surface area is 405 Å². The molecule has 0 heterocycles. The first kappa shape index (κ1) is 55.2. The average molecular weight is 973 g/mol. The first-order valence-electron chi connectivity index (χ1n) is 24.7. The van der Waals surface area contributed by atoms with Gasteiger partial charge in [-0.05, 0) is 173 Å². The van der Waals surface area contributed by atoms with Gasteiger partial charge in [0.15, 0.2) is 16.6 Å². The number of carbonyl (C=O) groups is 2. The number of hydrogen-bond donors (Lipinski definition) is 0. The van der Waals surface area contributed by atoms with Crippen LogP contribution < -0.4 is 28.4 Å². The second-order valence-electron chi connectivity index (χ2n) is 19.6. The molecule has 0 aliphatic rings. The number of unbranched alkanes of at least 4 members (excludes halogenated alkanes) is 6. The second kappa shape index (κ2) is 28.2. The highest BCUT2D eigenvalue weighted by Gasteiger charge is 2.39. The van der Waals surface area contributed by atoms with Gasteiger partial charge in [0, 0.05) is 0 Å². The molecule has 2 unspecified atom stereocenters. The van der Waals surface area contributed by atoms with E-state index in [1.165, 1.54) is 0 Å². The molecule has 368 valence electrons. The van der Waals surface area contributed by atoms with Crippen LogP contribution in [0, 0.1) is 11.8 Å². The molecule has 0 N–H and O–H groups in total. The molecule has 67 heavy (non-hydrogen) atoms. The van der Waals surface area contributed by atoms with E-state index in [0.717, 1.165) is 99.3 Å². The first-order valence-corrected chi connectivity index (χ1v) is 33.8. The van der Waals surface area contributed by atoms with Gasteiger partial charge >= 0.3 is 20.5 Å². The van der Waals surface area contributed by atoms with E-state index in [-0.39, 0.29) is 0 Å². The van der Waals surface area contributed by atoms with Gasteiger partial charge in [0.25, 0.3) is 0 Å². The maximum atomic E-state index is 12.7. The molecule has 4 aromatic carbocycles. The van der Waals surface area contributed by atoms with Gasteiger partial charge in [0.05, 0.1) is 37.6 Å². The minimum atomic E-state index is -2.28. The molecule has 0 amide bonds. The van der Waals surface area contributed by atoms with Crippen molar-refractivity contribution in [2.75, 3.05) is 26.4 Å². The lowest BCUT2D eigenvalue weighted by molar-refractivity contribution is 0.0725. The Hall–Kier alpha value is -4.41. The van der Waals surface area contributed by atoms with E-state index in [1.807, 2.05) is 48.5 Å². The van der Waals surface area contributed by atoms with Gasteiger partial charge < -0.3 is 36.7 Å². The summed E-state index contributed by atoms with van der Waals surface area (Å²) in [5.74, 6) is 4.14. The summed E-state index contributed by atoms with van der Waals surface area (Å²) in [7, 11) is -6.04. The van der Waals surface area contributed by atoms with Crippen molar-refractivity contribution in [3.05, 3.63) is 108 Å².